The molecule has 0 aromatic heterocycles. The van der Waals surface area contributed by atoms with Gasteiger partial charge in [0, 0.05) is 18.6 Å². The Bertz CT molecular complexity index is 336. The van der Waals surface area contributed by atoms with Crippen LogP contribution in [0.25, 0.3) is 0 Å². The smallest absolute Gasteiger partial charge is 0.0453 e. The van der Waals surface area contributed by atoms with Gasteiger partial charge >= 0.3 is 0 Å². The lowest BCUT2D eigenvalue weighted by molar-refractivity contribution is 0.151. The summed E-state index contributed by atoms with van der Waals surface area (Å²) >= 11 is 0. The van der Waals surface area contributed by atoms with Crippen molar-refractivity contribution in [3.63, 3.8) is 0 Å². The molecule has 0 aliphatic rings. The molecule has 0 saturated carbocycles. The van der Waals surface area contributed by atoms with Gasteiger partial charge in [0.15, 0.2) is 0 Å². The third kappa shape index (κ3) is 4.63. The summed E-state index contributed by atoms with van der Waals surface area (Å²) in [5.41, 5.74) is 7.75. The Labute approximate surface area is 119 Å². The minimum Gasteiger partial charge on any atom is -0.323 e. The molecule has 1 aromatic rings. The summed E-state index contributed by atoms with van der Waals surface area (Å²) in [5.74, 6) is 0.733. The van der Waals surface area contributed by atoms with E-state index in [4.69, 9.17) is 5.73 Å². The van der Waals surface area contributed by atoms with E-state index in [1.807, 2.05) is 6.07 Å². The monoisotopic (exact) mass is 262 g/mol. The van der Waals surface area contributed by atoms with E-state index in [2.05, 4.69) is 56.9 Å². The first kappa shape index (κ1) is 16.2. The van der Waals surface area contributed by atoms with Crippen LogP contribution in [0.3, 0.4) is 0 Å². The fraction of sp³-hybridized carbons (Fsp3) is 0.647. The summed E-state index contributed by atoms with van der Waals surface area (Å²) in [5, 5.41) is 0. The molecule has 0 amide bonds. The highest BCUT2D eigenvalue weighted by atomic mass is 15.2. The molecule has 0 aliphatic heterocycles. The molecule has 19 heavy (non-hydrogen) atoms. The molecule has 2 N–H and O–H groups in total. The zero-order valence-corrected chi connectivity index (χ0v) is 13.0. The SMILES string of the molecule is CCC(C)CN(CC)C(CC)C(N)c1ccccc1. The molecular formula is C17H30N2. The molecule has 3 unspecified atom stereocenters. The van der Waals surface area contributed by atoms with Crippen LogP contribution in [0.2, 0.25) is 0 Å². The summed E-state index contributed by atoms with van der Waals surface area (Å²) in [7, 11) is 0. The van der Waals surface area contributed by atoms with Gasteiger partial charge in [0.1, 0.15) is 0 Å². The van der Waals surface area contributed by atoms with E-state index in [1.165, 1.54) is 12.0 Å². The Morgan fingerprint density at radius 3 is 2.16 bits per heavy atom. The highest BCUT2D eigenvalue weighted by molar-refractivity contribution is 5.20. The van der Waals surface area contributed by atoms with Crippen LogP contribution in [0, 0.1) is 5.92 Å². The number of hydrogen-bond donors (Lipinski definition) is 1. The van der Waals surface area contributed by atoms with Crippen molar-refractivity contribution in [1.29, 1.82) is 0 Å². The minimum absolute atomic E-state index is 0.107. The molecule has 2 heteroatoms. The summed E-state index contributed by atoms with van der Waals surface area (Å²) in [6, 6.07) is 11.0. The topological polar surface area (TPSA) is 29.3 Å². The van der Waals surface area contributed by atoms with Crippen LogP contribution < -0.4 is 5.73 Å². The Balaban J connectivity index is 2.79. The minimum atomic E-state index is 0.107. The fourth-order valence-corrected chi connectivity index (χ4v) is 2.67. The van der Waals surface area contributed by atoms with Crippen molar-refractivity contribution in [3.8, 4) is 0 Å². The molecule has 0 heterocycles. The van der Waals surface area contributed by atoms with E-state index in [0.717, 1.165) is 25.4 Å². The standard InChI is InChI=1S/C17H30N2/c1-5-14(4)13-19(7-3)16(6-2)17(18)15-11-9-8-10-12-15/h8-12,14,16-17H,5-7,13,18H2,1-4H3. The Morgan fingerprint density at radius 1 is 1.05 bits per heavy atom. The van der Waals surface area contributed by atoms with Crippen LogP contribution in [-0.2, 0) is 0 Å². The van der Waals surface area contributed by atoms with E-state index in [1.54, 1.807) is 0 Å². The molecule has 0 bridgehead atoms. The average Bonchev–Trinajstić information content (AvgIpc) is 2.47. The molecule has 0 radical (unpaired) electrons. The second kappa shape index (κ2) is 8.34. The first-order valence-corrected chi connectivity index (χ1v) is 7.68. The second-order valence-electron chi connectivity index (χ2n) is 5.51. The van der Waals surface area contributed by atoms with Gasteiger partial charge in [-0.25, -0.2) is 0 Å². The van der Waals surface area contributed by atoms with Crippen molar-refractivity contribution in [2.75, 3.05) is 13.1 Å². The largest absolute Gasteiger partial charge is 0.323 e. The first-order valence-electron chi connectivity index (χ1n) is 7.68. The molecule has 0 saturated heterocycles. The van der Waals surface area contributed by atoms with Crippen molar-refractivity contribution in [2.24, 2.45) is 11.7 Å². The first-order chi connectivity index (χ1) is 9.13. The fourth-order valence-electron chi connectivity index (χ4n) is 2.67. The lowest BCUT2D eigenvalue weighted by Crippen LogP contribution is -2.44. The molecule has 3 atom stereocenters. The number of rotatable bonds is 8. The number of hydrogen-bond acceptors (Lipinski definition) is 2. The molecule has 0 fully saturated rings. The Hall–Kier alpha value is -0.860. The van der Waals surface area contributed by atoms with Gasteiger partial charge in [0.05, 0.1) is 0 Å². The van der Waals surface area contributed by atoms with Crippen LogP contribution in [0.4, 0.5) is 0 Å². The third-order valence-electron chi connectivity index (χ3n) is 4.14. The maximum absolute atomic E-state index is 6.50. The van der Waals surface area contributed by atoms with Crippen LogP contribution in [0.5, 0.6) is 0 Å². The van der Waals surface area contributed by atoms with E-state index in [9.17, 15) is 0 Å². The van der Waals surface area contributed by atoms with Crippen molar-refractivity contribution >= 4 is 0 Å². The van der Waals surface area contributed by atoms with E-state index in [0.29, 0.717) is 6.04 Å². The third-order valence-corrected chi connectivity index (χ3v) is 4.14. The number of nitrogens with zero attached hydrogens (tertiary/aromatic N) is 1. The highest BCUT2D eigenvalue weighted by Gasteiger charge is 2.24. The van der Waals surface area contributed by atoms with Gasteiger partial charge in [0.25, 0.3) is 0 Å². The van der Waals surface area contributed by atoms with Crippen LogP contribution in [0.1, 0.15) is 52.1 Å². The average molecular weight is 262 g/mol. The summed E-state index contributed by atoms with van der Waals surface area (Å²) < 4.78 is 0. The summed E-state index contributed by atoms with van der Waals surface area (Å²) in [6.45, 7) is 11.3. The van der Waals surface area contributed by atoms with Crippen molar-refractivity contribution in [2.45, 2.75) is 52.6 Å². The Kier molecular flexibility index (Phi) is 7.11. The lowest BCUT2D eigenvalue weighted by atomic mass is 9.95. The van der Waals surface area contributed by atoms with Gasteiger partial charge in [-0.3, -0.25) is 4.90 Å². The van der Waals surface area contributed by atoms with E-state index in [-0.39, 0.29) is 6.04 Å². The zero-order valence-electron chi connectivity index (χ0n) is 13.0. The van der Waals surface area contributed by atoms with Crippen molar-refractivity contribution in [1.82, 2.24) is 4.90 Å². The van der Waals surface area contributed by atoms with Gasteiger partial charge in [0.2, 0.25) is 0 Å². The summed E-state index contributed by atoms with van der Waals surface area (Å²) in [4.78, 5) is 2.55. The highest BCUT2D eigenvalue weighted by Crippen LogP contribution is 2.22. The van der Waals surface area contributed by atoms with Crippen molar-refractivity contribution < 1.29 is 0 Å². The second-order valence-corrected chi connectivity index (χ2v) is 5.51. The molecule has 1 aromatic carbocycles. The normalized spacial score (nSPS) is 16.3. The van der Waals surface area contributed by atoms with Gasteiger partial charge in [-0.1, -0.05) is 64.4 Å². The number of benzene rings is 1. The van der Waals surface area contributed by atoms with Crippen molar-refractivity contribution in [3.05, 3.63) is 35.9 Å². The predicted octanol–water partition coefficient (Wildman–Crippen LogP) is 3.83. The number of likely N-dealkylation sites (N-methyl/N-ethyl adjacent to an activating group) is 1. The van der Waals surface area contributed by atoms with Gasteiger partial charge in [-0.2, -0.15) is 0 Å². The number of nitrogens with two attached hydrogens (primary N) is 1. The van der Waals surface area contributed by atoms with E-state index >= 15 is 0 Å². The maximum atomic E-state index is 6.50. The molecule has 0 spiro atoms. The van der Waals surface area contributed by atoms with Crippen LogP contribution >= 0.6 is 0 Å². The molecule has 108 valence electrons. The predicted molar refractivity (Wildman–Crippen MR) is 84.2 cm³/mol. The maximum Gasteiger partial charge on any atom is 0.0453 e. The van der Waals surface area contributed by atoms with Crippen LogP contribution in [-0.4, -0.2) is 24.0 Å². The van der Waals surface area contributed by atoms with Gasteiger partial charge in [-0.05, 0) is 24.4 Å². The van der Waals surface area contributed by atoms with Crippen LogP contribution in [0.15, 0.2) is 30.3 Å². The van der Waals surface area contributed by atoms with Gasteiger partial charge in [-0.15, -0.1) is 0 Å². The molecule has 2 nitrogen and oxygen atoms in total. The zero-order chi connectivity index (χ0) is 14.3. The lowest BCUT2D eigenvalue weighted by Gasteiger charge is -2.36. The Morgan fingerprint density at radius 2 is 1.68 bits per heavy atom. The molecule has 0 aliphatic carbocycles. The molecule has 1 rings (SSSR count). The summed E-state index contributed by atoms with van der Waals surface area (Å²) in [6.07, 6.45) is 2.33. The van der Waals surface area contributed by atoms with Gasteiger partial charge < -0.3 is 5.73 Å². The molecular weight excluding hydrogens is 232 g/mol. The van der Waals surface area contributed by atoms with E-state index < -0.39 is 0 Å². The quantitative estimate of drug-likeness (QED) is 0.771.